The Labute approximate surface area is 161 Å². The lowest BCUT2D eigenvalue weighted by Gasteiger charge is -2.32. The number of methoxy groups -OCH3 is 1. The monoisotopic (exact) mass is 367 g/mol. The summed E-state index contributed by atoms with van der Waals surface area (Å²) in [5.74, 6) is 1.62. The fraction of sp³-hybridized carbons (Fsp3) is 0.409. The van der Waals surface area contributed by atoms with Gasteiger partial charge in [-0.25, -0.2) is 0 Å². The van der Waals surface area contributed by atoms with Gasteiger partial charge < -0.3 is 20.3 Å². The number of piperidine rings is 1. The lowest BCUT2D eigenvalue weighted by Crippen LogP contribution is -2.32. The summed E-state index contributed by atoms with van der Waals surface area (Å²) in [7, 11) is 1.65. The third kappa shape index (κ3) is 5.73. The quantitative estimate of drug-likeness (QED) is 0.784. The van der Waals surface area contributed by atoms with E-state index in [1.165, 1.54) is 18.5 Å². The van der Waals surface area contributed by atoms with Crippen LogP contribution in [0.1, 0.15) is 25.3 Å². The first-order chi connectivity index (χ1) is 13.1. The van der Waals surface area contributed by atoms with Crippen LogP contribution in [0.25, 0.3) is 0 Å². The second-order valence-corrected chi connectivity index (χ2v) is 7.22. The summed E-state index contributed by atoms with van der Waals surface area (Å²) in [5, 5.41) is 6.11. The first kappa shape index (κ1) is 19.2. The van der Waals surface area contributed by atoms with Gasteiger partial charge in [-0.15, -0.1) is 0 Å². The van der Waals surface area contributed by atoms with Gasteiger partial charge in [0.25, 0.3) is 0 Å². The number of carbonyl (C=O) groups excluding carboxylic acids is 1. The smallest absolute Gasteiger partial charge is 0.238 e. The van der Waals surface area contributed by atoms with Gasteiger partial charge in [-0.3, -0.25) is 4.79 Å². The Kier molecular flexibility index (Phi) is 6.71. The largest absolute Gasteiger partial charge is 0.497 e. The molecule has 0 aromatic heterocycles. The standard InChI is InChI=1S/C22H29N3O2/c1-17-11-13-25(14-12-17)20-7-5-19(6-8-20)24-22(26)16-23-15-18-3-9-21(27-2)10-4-18/h3-10,17,23H,11-16H2,1-2H3,(H,24,26). The van der Waals surface area contributed by atoms with E-state index in [2.05, 4.69) is 34.6 Å². The maximum atomic E-state index is 12.1. The number of benzene rings is 2. The van der Waals surface area contributed by atoms with E-state index in [0.29, 0.717) is 6.54 Å². The Balaban J connectivity index is 1.42. The molecule has 1 aliphatic rings. The molecule has 0 aliphatic carbocycles. The maximum absolute atomic E-state index is 12.1. The topological polar surface area (TPSA) is 53.6 Å². The number of ether oxygens (including phenoxy) is 1. The highest BCUT2D eigenvalue weighted by Crippen LogP contribution is 2.24. The average molecular weight is 367 g/mol. The van der Waals surface area contributed by atoms with Crippen LogP contribution in [-0.4, -0.2) is 32.7 Å². The molecule has 1 saturated heterocycles. The van der Waals surface area contributed by atoms with Crippen LogP contribution in [0.3, 0.4) is 0 Å². The summed E-state index contributed by atoms with van der Waals surface area (Å²) in [5.41, 5.74) is 3.18. The Morgan fingerprint density at radius 3 is 2.37 bits per heavy atom. The number of hydrogen-bond acceptors (Lipinski definition) is 4. The highest BCUT2D eigenvalue weighted by molar-refractivity contribution is 5.92. The van der Waals surface area contributed by atoms with Gasteiger partial charge in [0.05, 0.1) is 13.7 Å². The van der Waals surface area contributed by atoms with Crippen LogP contribution in [0.4, 0.5) is 11.4 Å². The zero-order chi connectivity index (χ0) is 19.1. The minimum Gasteiger partial charge on any atom is -0.497 e. The molecule has 0 spiro atoms. The van der Waals surface area contributed by atoms with Gasteiger partial charge in [-0.05, 0) is 60.7 Å². The molecule has 5 heteroatoms. The molecular formula is C22H29N3O2. The molecule has 0 atom stereocenters. The summed E-state index contributed by atoms with van der Waals surface area (Å²) in [4.78, 5) is 14.5. The van der Waals surface area contributed by atoms with Crippen LogP contribution in [0.15, 0.2) is 48.5 Å². The second-order valence-electron chi connectivity index (χ2n) is 7.22. The normalized spacial score (nSPS) is 14.8. The predicted molar refractivity (Wildman–Crippen MR) is 110 cm³/mol. The van der Waals surface area contributed by atoms with Gasteiger partial charge in [-0.2, -0.15) is 0 Å². The molecule has 5 nitrogen and oxygen atoms in total. The number of carbonyl (C=O) groups is 1. The summed E-state index contributed by atoms with van der Waals surface area (Å²) >= 11 is 0. The third-order valence-electron chi connectivity index (χ3n) is 5.07. The van der Waals surface area contributed by atoms with Crippen molar-refractivity contribution in [2.24, 2.45) is 5.92 Å². The number of anilines is 2. The fourth-order valence-electron chi connectivity index (χ4n) is 3.29. The Morgan fingerprint density at radius 2 is 1.74 bits per heavy atom. The van der Waals surface area contributed by atoms with Crippen LogP contribution in [0.5, 0.6) is 5.75 Å². The van der Waals surface area contributed by atoms with E-state index in [0.717, 1.165) is 36.0 Å². The molecule has 144 valence electrons. The van der Waals surface area contributed by atoms with Gasteiger partial charge in [0.1, 0.15) is 5.75 Å². The van der Waals surface area contributed by atoms with E-state index in [4.69, 9.17) is 4.74 Å². The van der Waals surface area contributed by atoms with Crippen LogP contribution >= 0.6 is 0 Å². The van der Waals surface area contributed by atoms with E-state index in [1.54, 1.807) is 7.11 Å². The Morgan fingerprint density at radius 1 is 1.07 bits per heavy atom. The Bertz CT molecular complexity index is 720. The van der Waals surface area contributed by atoms with Gasteiger partial charge in [-0.1, -0.05) is 19.1 Å². The zero-order valence-corrected chi connectivity index (χ0v) is 16.2. The molecule has 2 aromatic carbocycles. The van der Waals surface area contributed by atoms with Gasteiger partial charge in [0, 0.05) is 31.0 Å². The molecule has 1 aliphatic heterocycles. The molecule has 0 saturated carbocycles. The molecular weight excluding hydrogens is 338 g/mol. The minimum absolute atomic E-state index is 0.0388. The van der Waals surface area contributed by atoms with Crippen molar-refractivity contribution in [2.75, 3.05) is 37.0 Å². The molecule has 0 bridgehead atoms. The molecule has 1 heterocycles. The van der Waals surface area contributed by atoms with Crippen LogP contribution in [0, 0.1) is 5.92 Å². The summed E-state index contributed by atoms with van der Waals surface area (Å²) in [6, 6.07) is 16.0. The zero-order valence-electron chi connectivity index (χ0n) is 16.2. The molecule has 27 heavy (non-hydrogen) atoms. The highest BCUT2D eigenvalue weighted by atomic mass is 16.5. The van der Waals surface area contributed by atoms with Crippen molar-refractivity contribution in [2.45, 2.75) is 26.3 Å². The minimum atomic E-state index is -0.0388. The van der Waals surface area contributed by atoms with E-state index < -0.39 is 0 Å². The SMILES string of the molecule is COc1ccc(CNCC(=O)Nc2ccc(N3CCC(C)CC3)cc2)cc1. The fourth-order valence-corrected chi connectivity index (χ4v) is 3.29. The van der Waals surface area contributed by atoms with Crippen molar-refractivity contribution in [3.63, 3.8) is 0 Å². The van der Waals surface area contributed by atoms with Gasteiger partial charge in [0.15, 0.2) is 0 Å². The molecule has 2 N–H and O–H groups in total. The van der Waals surface area contributed by atoms with Gasteiger partial charge in [0.2, 0.25) is 5.91 Å². The van der Waals surface area contributed by atoms with Crippen LogP contribution < -0.4 is 20.3 Å². The highest BCUT2D eigenvalue weighted by Gasteiger charge is 2.15. The molecule has 1 amide bonds. The van der Waals surface area contributed by atoms with E-state index >= 15 is 0 Å². The molecule has 0 unspecified atom stereocenters. The van der Waals surface area contributed by atoms with Gasteiger partial charge >= 0.3 is 0 Å². The molecule has 3 rings (SSSR count). The number of amides is 1. The van der Waals surface area contributed by atoms with E-state index in [9.17, 15) is 4.79 Å². The van der Waals surface area contributed by atoms with Crippen molar-refractivity contribution in [1.82, 2.24) is 5.32 Å². The lowest BCUT2D eigenvalue weighted by molar-refractivity contribution is -0.115. The predicted octanol–water partition coefficient (Wildman–Crippen LogP) is 3.66. The summed E-state index contributed by atoms with van der Waals surface area (Å²) in [6.07, 6.45) is 2.50. The van der Waals surface area contributed by atoms with Crippen molar-refractivity contribution in [1.29, 1.82) is 0 Å². The number of rotatable bonds is 7. The van der Waals surface area contributed by atoms with Crippen LogP contribution in [-0.2, 0) is 11.3 Å². The second kappa shape index (κ2) is 9.42. The van der Waals surface area contributed by atoms with E-state index in [-0.39, 0.29) is 12.5 Å². The van der Waals surface area contributed by atoms with Crippen molar-refractivity contribution < 1.29 is 9.53 Å². The van der Waals surface area contributed by atoms with Crippen molar-refractivity contribution in [3.05, 3.63) is 54.1 Å². The third-order valence-corrected chi connectivity index (χ3v) is 5.07. The maximum Gasteiger partial charge on any atom is 0.238 e. The van der Waals surface area contributed by atoms with Crippen molar-refractivity contribution >= 4 is 17.3 Å². The summed E-state index contributed by atoms with van der Waals surface area (Å²) < 4.78 is 5.14. The average Bonchev–Trinajstić information content (AvgIpc) is 2.70. The van der Waals surface area contributed by atoms with E-state index in [1.807, 2.05) is 36.4 Å². The van der Waals surface area contributed by atoms with Crippen LogP contribution in [0.2, 0.25) is 0 Å². The van der Waals surface area contributed by atoms with Crippen molar-refractivity contribution in [3.8, 4) is 5.75 Å². The number of nitrogens with zero attached hydrogens (tertiary/aromatic N) is 1. The molecule has 2 aromatic rings. The first-order valence-corrected chi connectivity index (χ1v) is 9.62. The lowest BCUT2D eigenvalue weighted by atomic mass is 9.99. The first-order valence-electron chi connectivity index (χ1n) is 9.62. The number of nitrogens with one attached hydrogen (secondary N) is 2. The number of hydrogen-bond donors (Lipinski definition) is 2. The molecule has 0 radical (unpaired) electrons. The molecule has 1 fully saturated rings. The Hall–Kier alpha value is -2.53. The summed E-state index contributed by atoms with van der Waals surface area (Å²) in [6.45, 7) is 5.46.